The van der Waals surface area contributed by atoms with Gasteiger partial charge in [-0.3, -0.25) is 4.90 Å². The van der Waals surface area contributed by atoms with E-state index >= 15 is 0 Å². The van der Waals surface area contributed by atoms with Crippen LogP contribution in [-0.2, 0) is 6.54 Å². The van der Waals surface area contributed by atoms with Crippen molar-refractivity contribution in [1.82, 2.24) is 10.2 Å². The lowest BCUT2D eigenvalue weighted by molar-refractivity contribution is 0.282. The van der Waals surface area contributed by atoms with Gasteiger partial charge >= 0.3 is 0 Å². The number of benzene rings is 1. The second-order valence-electron chi connectivity index (χ2n) is 4.26. The van der Waals surface area contributed by atoms with Crippen molar-refractivity contribution in [3.05, 3.63) is 23.8 Å². The highest BCUT2D eigenvalue weighted by atomic mass is 16.5. The molecule has 0 unspecified atom stereocenters. The Hall–Kier alpha value is -1.26. The Morgan fingerprint density at radius 3 is 2.61 bits per heavy atom. The molecule has 0 saturated heterocycles. The summed E-state index contributed by atoms with van der Waals surface area (Å²) in [5.41, 5.74) is 2.35. The zero-order valence-electron chi connectivity index (χ0n) is 11.9. The molecule has 1 aromatic rings. The first-order chi connectivity index (χ1) is 8.74. The first-order valence-electron chi connectivity index (χ1n) is 6.46. The quantitative estimate of drug-likeness (QED) is 0.738. The molecule has 2 N–H and O–H groups in total. The van der Waals surface area contributed by atoms with Crippen molar-refractivity contribution in [3.8, 4) is 5.75 Å². The lowest BCUT2D eigenvalue weighted by Crippen LogP contribution is -2.30. The largest absolute Gasteiger partial charge is 0.495 e. The SMILES string of the molecule is CCN(CCNC)Cc1ccc(OC)c(NC)c1. The van der Waals surface area contributed by atoms with E-state index in [0.717, 1.165) is 37.6 Å². The molecule has 18 heavy (non-hydrogen) atoms. The van der Waals surface area contributed by atoms with Gasteiger partial charge in [0.15, 0.2) is 0 Å². The highest BCUT2D eigenvalue weighted by Gasteiger charge is 2.06. The Bertz CT molecular complexity index is 355. The topological polar surface area (TPSA) is 36.5 Å². The van der Waals surface area contributed by atoms with Crippen LogP contribution in [-0.4, -0.2) is 45.7 Å². The van der Waals surface area contributed by atoms with Crippen LogP contribution in [0.3, 0.4) is 0 Å². The van der Waals surface area contributed by atoms with Crippen molar-refractivity contribution in [2.45, 2.75) is 13.5 Å². The summed E-state index contributed by atoms with van der Waals surface area (Å²) in [5.74, 6) is 0.888. The smallest absolute Gasteiger partial charge is 0.141 e. The van der Waals surface area contributed by atoms with Crippen molar-refractivity contribution >= 4 is 5.69 Å². The predicted molar refractivity (Wildman–Crippen MR) is 77.4 cm³/mol. The van der Waals surface area contributed by atoms with Crippen LogP contribution < -0.4 is 15.4 Å². The van der Waals surface area contributed by atoms with Crippen LogP contribution in [0, 0.1) is 0 Å². The lowest BCUT2D eigenvalue weighted by Gasteiger charge is -2.21. The van der Waals surface area contributed by atoms with Gasteiger partial charge in [-0.25, -0.2) is 0 Å². The van der Waals surface area contributed by atoms with Crippen LogP contribution in [0.15, 0.2) is 18.2 Å². The Morgan fingerprint density at radius 2 is 2.06 bits per heavy atom. The van der Waals surface area contributed by atoms with E-state index in [1.165, 1.54) is 5.56 Å². The van der Waals surface area contributed by atoms with Crippen LogP contribution in [0.2, 0.25) is 0 Å². The van der Waals surface area contributed by atoms with Crippen LogP contribution in [0.25, 0.3) is 0 Å². The number of nitrogens with one attached hydrogen (secondary N) is 2. The Morgan fingerprint density at radius 1 is 1.28 bits per heavy atom. The molecule has 0 aromatic heterocycles. The fourth-order valence-electron chi connectivity index (χ4n) is 1.93. The molecule has 0 aliphatic carbocycles. The summed E-state index contributed by atoms with van der Waals surface area (Å²) in [5, 5.41) is 6.35. The van der Waals surface area contributed by atoms with Gasteiger partial charge in [-0.1, -0.05) is 13.0 Å². The molecular weight excluding hydrogens is 226 g/mol. The first-order valence-corrected chi connectivity index (χ1v) is 6.46. The van der Waals surface area contributed by atoms with Gasteiger partial charge in [-0.05, 0) is 31.3 Å². The number of nitrogens with zero attached hydrogens (tertiary/aromatic N) is 1. The van der Waals surface area contributed by atoms with Crippen molar-refractivity contribution < 1.29 is 4.74 Å². The second-order valence-corrected chi connectivity index (χ2v) is 4.26. The van der Waals surface area contributed by atoms with Crippen molar-refractivity contribution in [1.29, 1.82) is 0 Å². The number of hydrogen-bond donors (Lipinski definition) is 2. The molecule has 0 saturated carbocycles. The average Bonchev–Trinajstić information content (AvgIpc) is 2.43. The third-order valence-corrected chi connectivity index (χ3v) is 3.06. The van der Waals surface area contributed by atoms with E-state index in [-0.39, 0.29) is 0 Å². The number of ether oxygens (including phenoxy) is 1. The predicted octanol–water partition coefficient (Wildman–Crippen LogP) is 1.78. The molecule has 0 atom stereocenters. The minimum Gasteiger partial charge on any atom is -0.495 e. The summed E-state index contributed by atoms with van der Waals surface area (Å²) in [6.45, 7) is 6.30. The number of hydrogen-bond acceptors (Lipinski definition) is 4. The van der Waals surface area contributed by atoms with Gasteiger partial charge in [0.1, 0.15) is 5.75 Å². The summed E-state index contributed by atoms with van der Waals surface area (Å²) in [6.07, 6.45) is 0. The number of rotatable bonds is 8. The highest BCUT2D eigenvalue weighted by Crippen LogP contribution is 2.25. The molecule has 0 heterocycles. The zero-order chi connectivity index (χ0) is 13.4. The Labute approximate surface area is 110 Å². The van der Waals surface area contributed by atoms with E-state index in [0.29, 0.717) is 0 Å². The maximum Gasteiger partial charge on any atom is 0.141 e. The van der Waals surface area contributed by atoms with Crippen LogP contribution in [0.4, 0.5) is 5.69 Å². The van der Waals surface area contributed by atoms with E-state index in [9.17, 15) is 0 Å². The van der Waals surface area contributed by atoms with E-state index in [4.69, 9.17) is 4.74 Å². The molecule has 0 aliphatic rings. The third kappa shape index (κ3) is 4.20. The maximum atomic E-state index is 5.30. The molecule has 0 spiro atoms. The van der Waals surface area contributed by atoms with Gasteiger partial charge < -0.3 is 15.4 Å². The molecule has 1 aromatic carbocycles. The minimum absolute atomic E-state index is 0.888. The van der Waals surface area contributed by atoms with Crippen molar-refractivity contribution in [3.63, 3.8) is 0 Å². The molecule has 0 radical (unpaired) electrons. The highest BCUT2D eigenvalue weighted by molar-refractivity contribution is 5.57. The van der Waals surface area contributed by atoms with Crippen LogP contribution in [0.1, 0.15) is 12.5 Å². The van der Waals surface area contributed by atoms with Gasteiger partial charge in [0.25, 0.3) is 0 Å². The normalized spacial score (nSPS) is 10.7. The van der Waals surface area contributed by atoms with Crippen LogP contribution >= 0.6 is 0 Å². The van der Waals surface area contributed by atoms with Gasteiger partial charge in [0.2, 0.25) is 0 Å². The molecule has 0 bridgehead atoms. The summed E-state index contributed by atoms with van der Waals surface area (Å²) in [4.78, 5) is 2.41. The van der Waals surface area contributed by atoms with E-state index in [1.54, 1.807) is 7.11 Å². The van der Waals surface area contributed by atoms with Gasteiger partial charge in [-0.15, -0.1) is 0 Å². The summed E-state index contributed by atoms with van der Waals surface area (Å²) < 4.78 is 5.30. The molecule has 0 amide bonds. The van der Waals surface area contributed by atoms with Crippen molar-refractivity contribution in [2.24, 2.45) is 0 Å². The molecule has 0 fully saturated rings. The molecular formula is C14H25N3O. The van der Waals surface area contributed by atoms with Gasteiger partial charge in [-0.2, -0.15) is 0 Å². The number of anilines is 1. The molecule has 0 aliphatic heterocycles. The number of methoxy groups -OCH3 is 1. The average molecular weight is 251 g/mol. The summed E-state index contributed by atoms with van der Waals surface area (Å²) >= 11 is 0. The molecule has 4 nitrogen and oxygen atoms in total. The van der Waals surface area contributed by atoms with Gasteiger partial charge in [0, 0.05) is 26.7 Å². The van der Waals surface area contributed by atoms with E-state index < -0.39 is 0 Å². The minimum atomic E-state index is 0.888. The fraction of sp³-hybridized carbons (Fsp3) is 0.571. The Balaban J connectivity index is 2.71. The van der Waals surface area contributed by atoms with Gasteiger partial charge in [0.05, 0.1) is 12.8 Å². The van der Waals surface area contributed by atoms with Crippen LogP contribution in [0.5, 0.6) is 5.75 Å². The van der Waals surface area contributed by atoms with Crippen molar-refractivity contribution in [2.75, 3.05) is 46.2 Å². The fourth-order valence-corrected chi connectivity index (χ4v) is 1.93. The molecule has 1 rings (SSSR count). The summed E-state index contributed by atoms with van der Waals surface area (Å²) in [6, 6.07) is 6.30. The monoisotopic (exact) mass is 251 g/mol. The zero-order valence-corrected chi connectivity index (χ0v) is 11.9. The molecule has 4 heteroatoms. The molecule has 102 valence electrons. The van der Waals surface area contributed by atoms with E-state index in [2.05, 4.69) is 34.6 Å². The maximum absolute atomic E-state index is 5.30. The number of likely N-dealkylation sites (N-methyl/N-ethyl adjacent to an activating group) is 2. The Kier molecular flexibility index (Phi) is 6.54. The first kappa shape index (κ1) is 14.8. The summed E-state index contributed by atoms with van der Waals surface area (Å²) in [7, 11) is 5.60. The van der Waals surface area contributed by atoms with E-state index in [1.807, 2.05) is 20.2 Å². The third-order valence-electron chi connectivity index (χ3n) is 3.06. The lowest BCUT2D eigenvalue weighted by atomic mass is 10.1. The standard InChI is InChI=1S/C14H25N3O/c1-5-17(9-8-15-2)11-12-6-7-14(18-4)13(10-12)16-3/h6-7,10,15-16H,5,8-9,11H2,1-4H3. The second kappa shape index (κ2) is 7.95.